The lowest BCUT2D eigenvalue weighted by Gasteiger charge is -2.21. The molecule has 0 saturated carbocycles. The predicted molar refractivity (Wildman–Crippen MR) is 72.1 cm³/mol. The van der Waals surface area contributed by atoms with Crippen LogP contribution in [0, 0.1) is 0 Å². The highest BCUT2D eigenvalue weighted by atomic mass is 35.5. The first-order chi connectivity index (χ1) is 7.96. The van der Waals surface area contributed by atoms with E-state index < -0.39 is 9.84 Å². The summed E-state index contributed by atoms with van der Waals surface area (Å²) in [7, 11) is -0.880. The second-order valence-electron chi connectivity index (χ2n) is 4.15. The van der Waals surface area contributed by atoms with Crippen LogP contribution in [-0.2, 0) is 9.84 Å². The second kappa shape index (κ2) is 5.18. The smallest absolute Gasteiger partial charge is 0.151 e. The molecule has 0 aliphatic carbocycles. The van der Waals surface area contributed by atoms with Gasteiger partial charge in [-0.05, 0) is 49.7 Å². The van der Waals surface area contributed by atoms with Crippen molar-refractivity contribution in [3.05, 3.63) is 29.3 Å². The van der Waals surface area contributed by atoms with Gasteiger partial charge in [0.25, 0.3) is 0 Å². The molecule has 1 aromatic rings. The number of halogens is 1. The lowest BCUT2D eigenvalue weighted by atomic mass is 10.3. The molecule has 0 radical (unpaired) electrons. The summed E-state index contributed by atoms with van der Waals surface area (Å²) in [5, 5.41) is 0.709. The van der Waals surface area contributed by atoms with Crippen molar-refractivity contribution < 1.29 is 8.42 Å². The molecule has 0 aromatic heterocycles. The van der Waals surface area contributed by atoms with Crippen molar-refractivity contribution in [3.63, 3.8) is 0 Å². The van der Waals surface area contributed by atoms with E-state index in [9.17, 15) is 8.42 Å². The van der Waals surface area contributed by atoms with Gasteiger partial charge in [0, 0.05) is 16.0 Å². The van der Waals surface area contributed by atoms with Gasteiger partial charge in [-0.3, -0.25) is 0 Å². The average Bonchev–Trinajstić information content (AvgIpc) is 2.62. The Hall–Kier alpha value is -0.230. The van der Waals surface area contributed by atoms with E-state index in [2.05, 4.69) is 0 Å². The molecule has 2 rings (SSSR count). The van der Waals surface area contributed by atoms with Crippen LogP contribution in [0.1, 0.15) is 6.42 Å². The zero-order valence-corrected chi connectivity index (χ0v) is 11.9. The van der Waals surface area contributed by atoms with Crippen LogP contribution >= 0.6 is 23.5 Å². The third-order valence-corrected chi connectivity index (χ3v) is 5.86. The van der Waals surface area contributed by atoms with Gasteiger partial charge in [0.2, 0.25) is 0 Å². The summed E-state index contributed by atoms with van der Waals surface area (Å²) in [5.74, 6) is 0.577. The summed E-state index contributed by atoms with van der Waals surface area (Å²) < 4.78 is 24.8. The highest BCUT2D eigenvalue weighted by molar-refractivity contribution is 7.97. The van der Waals surface area contributed by atoms with Gasteiger partial charge in [-0.25, -0.2) is 12.7 Å². The van der Waals surface area contributed by atoms with Crippen molar-refractivity contribution >= 4 is 33.4 Å². The molecule has 0 bridgehead atoms. The molecule has 1 aromatic carbocycles. The SMILES string of the molecule is CN(Sc1ccc(Cl)cc1)[C@H]1CCS(=O)(=O)C1. The monoisotopic (exact) mass is 291 g/mol. The standard InChI is InChI=1S/C11H14ClNO2S2/c1-13(10-6-7-17(14,15)8-10)16-11-4-2-9(12)3-5-11/h2-5,10H,6-8H2,1H3/t10-/m0/s1. The van der Waals surface area contributed by atoms with E-state index in [0.29, 0.717) is 10.8 Å². The fourth-order valence-electron chi connectivity index (χ4n) is 1.80. The Balaban J connectivity index is 1.98. The van der Waals surface area contributed by atoms with Crippen molar-refractivity contribution in [1.82, 2.24) is 4.31 Å². The van der Waals surface area contributed by atoms with E-state index >= 15 is 0 Å². The molecule has 6 heteroatoms. The molecule has 1 fully saturated rings. The Bertz CT molecular complexity index is 487. The minimum atomic E-state index is -2.82. The van der Waals surface area contributed by atoms with Crippen LogP contribution < -0.4 is 0 Å². The van der Waals surface area contributed by atoms with Gasteiger partial charge in [0.05, 0.1) is 11.5 Å². The van der Waals surface area contributed by atoms with Crippen LogP contribution in [0.5, 0.6) is 0 Å². The molecule has 3 nitrogen and oxygen atoms in total. The third-order valence-electron chi connectivity index (χ3n) is 2.79. The first kappa shape index (κ1) is 13.2. The number of hydrogen-bond acceptors (Lipinski definition) is 4. The summed E-state index contributed by atoms with van der Waals surface area (Å²) in [6.45, 7) is 0. The van der Waals surface area contributed by atoms with Gasteiger partial charge >= 0.3 is 0 Å². The zero-order chi connectivity index (χ0) is 12.5. The number of hydrogen-bond donors (Lipinski definition) is 0. The minimum Gasteiger partial charge on any atom is -0.245 e. The predicted octanol–water partition coefficient (Wildman–Crippen LogP) is 2.47. The number of nitrogens with zero attached hydrogens (tertiary/aromatic N) is 1. The van der Waals surface area contributed by atoms with Crippen LogP contribution in [0.3, 0.4) is 0 Å². The van der Waals surface area contributed by atoms with Crippen molar-refractivity contribution in [2.75, 3.05) is 18.6 Å². The van der Waals surface area contributed by atoms with Gasteiger partial charge in [-0.2, -0.15) is 0 Å². The van der Waals surface area contributed by atoms with Crippen LogP contribution in [-0.4, -0.2) is 37.3 Å². The van der Waals surface area contributed by atoms with Crippen molar-refractivity contribution in [2.24, 2.45) is 0 Å². The fourth-order valence-corrected chi connectivity index (χ4v) is 4.71. The van der Waals surface area contributed by atoms with Crippen molar-refractivity contribution in [2.45, 2.75) is 17.4 Å². The molecule has 0 amide bonds. The molecule has 1 heterocycles. The molecule has 0 N–H and O–H groups in total. The van der Waals surface area contributed by atoms with E-state index in [0.717, 1.165) is 11.3 Å². The number of rotatable bonds is 3. The fraction of sp³-hybridized carbons (Fsp3) is 0.455. The van der Waals surface area contributed by atoms with Gasteiger partial charge in [-0.1, -0.05) is 11.6 Å². The summed E-state index contributed by atoms with van der Waals surface area (Å²) >= 11 is 7.37. The summed E-state index contributed by atoms with van der Waals surface area (Å²) in [5.41, 5.74) is 0. The molecule has 1 aliphatic heterocycles. The number of benzene rings is 1. The normalized spacial score (nSPS) is 23.1. The van der Waals surface area contributed by atoms with Gasteiger partial charge in [0.15, 0.2) is 9.84 Å². The highest BCUT2D eigenvalue weighted by Gasteiger charge is 2.30. The summed E-state index contributed by atoms with van der Waals surface area (Å²) in [4.78, 5) is 1.07. The van der Waals surface area contributed by atoms with E-state index in [1.54, 1.807) is 11.9 Å². The Kier molecular flexibility index (Phi) is 4.02. The molecule has 0 unspecified atom stereocenters. The first-order valence-corrected chi connectivity index (χ1v) is 8.30. The molecule has 0 spiro atoms. The summed E-state index contributed by atoms with van der Waals surface area (Å²) in [6, 6.07) is 7.66. The largest absolute Gasteiger partial charge is 0.245 e. The second-order valence-corrected chi connectivity index (χ2v) is 8.04. The maximum absolute atomic E-state index is 11.4. The van der Waals surface area contributed by atoms with Gasteiger partial charge in [-0.15, -0.1) is 0 Å². The quantitative estimate of drug-likeness (QED) is 0.802. The van der Waals surface area contributed by atoms with E-state index in [4.69, 9.17) is 11.6 Å². The maximum atomic E-state index is 11.4. The lowest BCUT2D eigenvalue weighted by molar-refractivity contribution is 0.443. The van der Waals surface area contributed by atoms with E-state index in [1.165, 1.54) is 0 Å². The molecule has 17 heavy (non-hydrogen) atoms. The molecule has 1 saturated heterocycles. The molecular weight excluding hydrogens is 278 g/mol. The molecular formula is C11H14ClNO2S2. The highest BCUT2D eigenvalue weighted by Crippen LogP contribution is 2.28. The Morgan fingerprint density at radius 2 is 2.00 bits per heavy atom. The molecule has 1 atom stereocenters. The molecule has 94 valence electrons. The number of sulfone groups is 1. The van der Waals surface area contributed by atoms with E-state index in [1.807, 2.05) is 35.6 Å². The summed E-state index contributed by atoms with van der Waals surface area (Å²) in [6.07, 6.45) is 0.722. The minimum absolute atomic E-state index is 0.112. The first-order valence-electron chi connectivity index (χ1n) is 5.33. The van der Waals surface area contributed by atoms with E-state index in [-0.39, 0.29) is 11.8 Å². The van der Waals surface area contributed by atoms with Gasteiger partial charge in [0.1, 0.15) is 0 Å². The maximum Gasteiger partial charge on any atom is 0.151 e. The third kappa shape index (κ3) is 3.61. The molecule has 1 aliphatic rings. The zero-order valence-electron chi connectivity index (χ0n) is 9.47. The van der Waals surface area contributed by atoms with Crippen LogP contribution in [0.15, 0.2) is 29.2 Å². The van der Waals surface area contributed by atoms with Crippen molar-refractivity contribution in [3.8, 4) is 0 Å². The van der Waals surface area contributed by atoms with Crippen LogP contribution in [0.4, 0.5) is 0 Å². The van der Waals surface area contributed by atoms with Crippen LogP contribution in [0.2, 0.25) is 5.02 Å². The van der Waals surface area contributed by atoms with Crippen molar-refractivity contribution in [1.29, 1.82) is 0 Å². The Morgan fingerprint density at radius 3 is 2.53 bits per heavy atom. The lowest BCUT2D eigenvalue weighted by Crippen LogP contribution is -2.26. The Morgan fingerprint density at radius 1 is 1.35 bits per heavy atom. The Labute approximate surface area is 111 Å². The average molecular weight is 292 g/mol. The topological polar surface area (TPSA) is 37.4 Å². The van der Waals surface area contributed by atoms with Crippen LogP contribution in [0.25, 0.3) is 0 Å². The van der Waals surface area contributed by atoms with Gasteiger partial charge < -0.3 is 0 Å².